The van der Waals surface area contributed by atoms with Crippen molar-refractivity contribution in [1.29, 1.82) is 0 Å². The first-order chi connectivity index (χ1) is 13.4. The van der Waals surface area contributed by atoms with E-state index in [1.165, 1.54) is 31.2 Å². The van der Waals surface area contributed by atoms with Gasteiger partial charge in [0.2, 0.25) is 5.91 Å². The Morgan fingerprint density at radius 2 is 1.44 bits per heavy atom. The number of rotatable bonds is 6. The molecule has 2 rings (SSSR count). The Hall–Kier alpha value is -0.770. The molecule has 32 heavy (non-hydrogen) atoms. The van der Waals surface area contributed by atoms with Crippen molar-refractivity contribution in [1.82, 2.24) is 0 Å². The van der Waals surface area contributed by atoms with Crippen LogP contribution in [0, 0.1) is 0 Å². The molecule has 0 saturated heterocycles. The molecular formula is C17H14N2Na2O8S3. The van der Waals surface area contributed by atoms with Crippen molar-refractivity contribution in [3.63, 3.8) is 0 Å². The monoisotopic (exact) mass is 516 g/mol. The van der Waals surface area contributed by atoms with E-state index in [0.717, 1.165) is 24.3 Å². The van der Waals surface area contributed by atoms with E-state index in [2.05, 4.69) is 22.5 Å². The number of nitrogens with one attached hydrogen (secondary N) is 1. The molecule has 0 bridgehead atoms. The van der Waals surface area contributed by atoms with Crippen LogP contribution in [-0.4, -0.2) is 42.5 Å². The van der Waals surface area contributed by atoms with Crippen LogP contribution in [0.2, 0.25) is 0 Å². The Bertz CT molecular complexity index is 1270. The van der Waals surface area contributed by atoms with E-state index in [9.17, 15) is 30.7 Å². The quantitative estimate of drug-likeness (QED) is 0.131. The second-order valence-corrected chi connectivity index (χ2v) is 8.48. The van der Waals surface area contributed by atoms with Crippen molar-refractivity contribution in [2.75, 3.05) is 5.32 Å². The standard InChI is InChI=1S/C17H14N2O7S3.2Na.H2O/c1-11(20)19-15-7-5-13(17(9-15)29(24,25)26)3-2-12-4-6-14(18-10-27)8-16(12)28(21,22)23;;;/h2-9H,1H3,(H,19,20)(H,21,22,23)(H,24,25,26);;;1H2/q;2*+1;/p-2. The van der Waals surface area contributed by atoms with Gasteiger partial charge in [-0.1, -0.05) is 24.3 Å². The summed E-state index contributed by atoms with van der Waals surface area (Å²) in [7, 11) is -9.80. The first kappa shape index (κ1) is 33.4. The fourth-order valence-corrected chi connectivity index (χ4v) is 3.84. The number of carbonyl (C=O) groups is 1. The third-order valence-corrected chi connectivity index (χ3v) is 5.36. The summed E-state index contributed by atoms with van der Waals surface area (Å²) in [5, 5.41) is 4.40. The van der Waals surface area contributed by atoms with E-state index in [-0.39, 0.29) is 87.1 Å². The van der Waals surface area contributed by atoms with E-state index in [1.54, 1.807) is 0 Å². The van der Waals surface area contributed by atoms with Crippen LogP contribution in [0.1, 0.15) is 18.1 Å². The van der Waals surface area contributed by atoms with Gasteiger partial charge in [0.05, 0.1) is 20.6 Å². The Kier molecular flexibility index (Phi) is 14.4. The van der Waals surface area contributed by atoms with Crippen LogP contribution < -0.4 is 64.4 Å². The number of nitrogens with zero attached hydrogens (tertiary/aromatic N) is 1. The summed E-state index contributed by atoms with van der Waals surface area (Å²) < 4.78 is 69.3. The Labute approximate surface area is 234 Å². The maximum absolute atomic E-state index is 11.6. The van der Waals surface area contributed by atoms with Crippen LogP contribution >= 0.6 is 12.2 Å². The molecule has 0 aromatic heterocycles. The Morgan fingerprint density at radius 3 is 1.88 bits per heavy atom. The molecule has 2 aromatic carbocycles. The van der Waals surface area contributed by atoms with E-state index in [1.807, 2.05) is 5.16 Å². The molecule has 2 aromatic rings. The number of carbonyl (C=O) groups excluding carboxylic acids is 1. The molecule has 15 heteroatoms. The maximum atomic E-state index is 11.6. The average Bonchev–Trinajstić information content (AvgIpc) is 2.59. The predicted octanol–water partition coefficient (Wildman–Crippen LogP) is -4.46. The zero-order chi connectivity index (χ0) is 21.8. The smallest absolute Gasteiger partial charge is 0.744 e. The fraction of sp³-hybridized carbons (Fsp3) is 0.0588. The minimum Gasteiger partial charge on any atom is -0.744 e. The minimum atomic E-state index is -4.92. The van der Waals surface area contributed by atoms with Gasteiger partial charge < -0.3 is 19.9 Å². The summed E-state index contributed by atoms with van der Waals surface area (Å²) in [6, 6.07) is 7.22. The number of benzene rings is 2. The van der Waals surface area contributed by atoms with Crippen LogP contribution in [0.4, 0.5) is 11.4 Å². The number of aliphatic imine (C=N–C) groups is 1. The molecule has 3 N–H and O–H groups in total. The molecule has 160 valence electrons. The van der Waals surface area contributed by atoms with Gasteiger partial charge in [-0.25, -0.2) is 16.8 Å². The molecule has 0 heterocycles. The maximum Gasteiger partial charge on any atom is 1.00 e. The summed E-state index contributed by atoms with van der Waals surface area (Å²) in [6.07, 6.45) is 2.33. The molecule has 0 unspecified atom stereocenters. The normalized spacial score (nSPS) is 10.7. The van der Waals surface area contributed by atoms with Crippen LogP contribution in [0.3, 0.4) is 0 Å². The number of amides is 1. The first-order valence-corrected chi connectivity index (χ1v) is 10.9. The number of isothiocyanates is 1. The topological polar surface area (TPSA) is 187 Å². The SMILES string of the molecule is CC(=O)Nc1ccc(C=Cc2ccc(N=C=S)cc2S(=O)(=O)[O-])c(S(=O)(=O)[O-])c1.O.[Na+].[Na+]. The molecular weight excluding hydrogens is 502 g/mol. The third-order valence-electron chi connectivity index (χ3n) is 3.49. The molecule has 0 atom stereocenters. The number of hydrogen-bond donors (Lipinski definition) is 1. The Balaban J connectivity index is 0. The van der Waals surface area contributed by atoms with Crippen molar-refractivity contribution < 1.29 is 95.3 Å². The molecule has 10 nitrogen and oxygen atoms in total. The largest absolute Gasteiger partial charge is 1.00 e. The van der Waals surface area contributed by atoms with Gasteiger partial charge in [0.15, 0.2) is 0 Å². The minimum absolute atomic E-state index is 0. The van der Waals surface area contributed by atoms with Gasteiger partial charge in [-0.15, -0.1) is 0 Å². The van der Waals surface area contributed by atoms with Gasteiger partial charge in [-0.2, -0.15) is 4.99 Å². The van der Waals surface area contributed by atoms with Crippen molar-refractivity contribution in [3.8, 4) is 0 Å². The van der Waals surface area contributed by atoms with Crippen molar-refractivity contribution in [3.05, 3.63) is 47.5 Å². The zero-order valence-electron chi connectivity index (χ0n) is 17.1. The molecule has 0 spiro atoms. The Morgan fingerprint density at radius 1 is 0.969 bits per heavy atom. The van der Waals surface area contributed by atoms with Gasteiger partial charge in [-0.05, 0) is 47.6 Å². The summed E-state index contributed by atoms with van der Waals surface area (Å²) in [5.74, 6) is -0.466. The van der Waals surface area contributed by atoms with Gasteiger partial charge in [0.25, 0.3) is 0 Å². The number of anilines is 1. The zero-order valence-corrected chi connectivity index (χ0v) is 23.6. The van der Waals surface area contributed by atoms with Gasteiger partial charge in [0, 0.05) is 12.6 Å². The van der Waals surface area contributed by atoms with Gasteiger partial charge >= 0.3 is 59.1 Å². The fourth-order valence-electron chi connectivity index (χ4n) is 2.35. The van der Waals surface area contributed by atoms with E-state index >= 15 is 0 Å². The molecule has 1 amide bonds. The number of hydrogen-bond acceptors (Lipinski definition) is 9. The van der Waals surface area contributed by atoms with Crippen LogP contribution in [0.15, 0.2) is 51.2 Å². The molecule has 0 fully saturated rings. The molecule has 0 aliphatic carbocycles. The van der Waals surface area contributed by atoms with Crippen LogP contribution in [-0.2, 0) is 25.0 Å². The van der Waals surface area contributed by atoms with Crippen LogP contribution in [0.5, 0.6) is 0 Å². The summed E-state index contributed by atoms with van der Waals surface area (Å²) in [6.45, 7) is 1.21. The number of thiocarbonyl (C=S) groups is 1. The van der Waals surface area contributed by atoms with Crippen molar-refractivity contribution in [2.24, 2.45) is 4.99 Å². The van der Waals surface area contributed by atoms with E-state index in [4.69, 9.17) is 0 Å². The molecule has 0 radical (unpaired) electrons. The summed E-state index contributed by atoms with van der Waals surface area (Å²) in [4.78, 5) is 13.5. The molecule has 0 saturated carbocycles. The summed E-state index contributed by atoms with van der Waals surface area (Å²) in [5.41, 5.74) is 0.0659. The first-order valence-electron chi connectivity index (χ1n) is 7.65. The van der Waals surface area contributed by atoms with Crippen LogP contribution in [0.25, 0.3) is 12.2 Å². The average molecular weight is 516 g/mol. The van der Waals surface area contributed by atoms with Gasteiger partial charge in [0.1, 0.15) is 20.2 Å². The molecule has 0 aliphatic rings. The second-order valence-electron chi connectivity index (χ2n) is 5.60. The molecule has 0 aliphatic heterocycles. The third kappa shape index (κ3) is 9.61. The summed E-state index contributed by atoms with van der Waals surface area (Å²) >= 11 is 4.43. The van der Waals surface area contributed by atoms with Crippen molar-refractivity contribution in [2.45, 2.75) is 16.7 Å². The van der Waals surface area contributed by atoms with Crippen molar-refractivity contribution >= 4 is 67.0 Å². The second kappa shape index (κ2) is 13.8. The van der Waals surface area contributed by atoms with Gasteiger partial charge in [-0.3, -0.25) is 4.79 Å². The van der Waals surface area contributed by atoms with E-state index in [0.29, 0.717) is 0 Å². The van der Waals surface area contributed by atoms with E-state index < -0.39 is 35.9 Å². The predicted molar refractivity (Wildman–Crippen MR) is 110 cm³/mol.